The Hall–Kier alpha value is -2.61. The Bertz CT molecular complexity index is 983. The molecule has 1 atom stereocenters. The molecule has 0 unspecified atom stereocenters. The summed E-state index contributed by atoms with van der Waals surface area (Å²) in [4.78, 5) is 26.0. The van der Waals surface area contributed by atoms with E-state index in [-0.39, 0.29) is 34.5 Å². The number of methoxy groups -OCH3 is 1. The number of nitrogens with zero attached hydrogens (tertiary/aromatic N) is 2. The highest BCUT2D eigenvalue weighted by Gasteiger charge is 2.32. The Morgan fingerprint density at radius 3 is 2.70 bits per heavy atom. The van der Waals surface area contributed by atoms with Gasteiger partial charge in [-0.15, -0.1) is 0 Å². The van der Waals surface area contributed by atoms with Crippen LogP contribution in [0.3, 0.4) is 0 Å². The lowest BCUT2D eigenvalue weighted by Crippen LogP contribution is -2.43. The first-order chi connectivity index (χ1) is 12.9. The zero-order valence-corrected chi connectivity index (χ0v) is 15.1. The third kappa shape index (κ3) is 2.93. The van der Waals surface area contributed by atoms with Crippen LogP contribution in [-0.2, 0) is 0 Å². The molecule has 1 aromatic carbocycles. The van der Waals surface area contributed by atoms with Gasteiger partial charge in [0.15, 0.2) is 11.6 Å². The minimum absolute atomic E-state index is 0.0289. The van der Waals surface area contributed by atoms with Crippen molar-refractivity contribution < 1.29 is 19.0 Å². The number of piperidine rings is 1. The molecule has 7 nitrogen and oxygen atoms in total. The fourth-order valence-electron chi connectivity index (χ4n) is 3.94. The molecule has 2 aliphatic rings. The van der Waals surface area contributed by atoms with Gasteiger partial charge in [0.05, 0.1) is 18.0 Å². The summed E-state index contributed by atoms with van der Waals surface area (Å²) in [6, 6.07) is 1.17. The van der Waals surface area contributed by atoms with Crippen LogP contribution in [0.25, 0.3) is 10.9 Å². The van der Waals surface area contributed by atoms with E-state index in [1.165, 1.54) is 13.3 Å². The van der Waals surface area contributed by atoms with Crippen molar-refractivity contribution in [2.24, 2.45) is 5.73 Å². The average molecular weight is 375 g/mol. The lowest BCUT2D eigenvalue weighted by atomic mass is 10.0. The number of nitrogens with two attached hydrogens (primary N) is 1. The summed E-state index contributed by atoms with van der Waals surface area (Å²) in [5, 5.41) is 9.40. The van der Waals surface area contributed by atoms with Gasteiger partial charge in [-0.2, -0.15) is 0 Å². The first-order valence-electron chi connectivity index (χ1n) is 9.11. The summed E-state index contributed by atoms with van der Waals surface area (Å²) in [7, 11) is 1.44. The minimum Gasteiger partial charge on any atom is -0.492 e. The molecule has 2 aromatic rings. The fourth-order valence-corrected chi connectivity index (χ4v) is 3.94. The van der Waals surface area contributed by atoms with Crippen molar-refractivity contribution in [1.82, 2.24) is 4.57 Å². The van der Waals surface area contributed by atoms with Gasteiger partial charge < -0.3 is 25.0 Å². The van der Waals surface area contributed by atoms with E-state index in [0.717, 1.165) is 31.7 Å². The van der Waals surface area contributed by atoms with E-state index in [1.54, 1.807) is 4.57 Å². The van der Waals surface area contributed by atoms with Crippen molar-refractivity contribution in [3.63, 3.8) is 0 Å². The van der Waals surface area contributed by atoms with E-state index in [4.69, 9.17) is 10.5 Å². The summed E-state index contributed by atoms with van der Waals surface area (Å²) in [6.45, 7) is 1.15. The van der Waals surface area contributed by atoms with Crippen LogP contribution in [0, 0.1) is 5.82 Å². The number of carboxylic acids is 1. The summed E-state index contributed by atoms with van der Waals surface area (Å²) in [6.07, 6.45) is 4.83. The molecule has 1 aliphatic heterocycles. The van der Waals surface area contributed by atoms with Crippen LogP contribution < -0.4 is 20.8 Å². The summed E-state index contributed by atoms with van der Waals surface area (Å²) < 4.78 is 22.4. The number of hydrogen-bond donors (Lipinski definition) is 2. The zero-order valence-electron chi connectivity index (χ0n) is 15.1. The van der Waals surface area contributed by atoms with Gasteiger partial charge in [-0.05, 0) is 31.7 Å². The molecule has 144 valence electrons. The SMILES string of the molecule is COc1c(N2CCC[C@H](N)C2)c(F)cc2c(=O)c(C(=O)O)cn(C3CC3)c12. The molecule has 0 amide bonds. The Balaban J connectivity index is 2.03. The van der Waals surface area contributed by atoms with Crippen LogP contribution in [0.2, 0.25) is 0 Å². The lowest BCUT2D eigenvalue weighted by molar-refractivity contribution is 0.0695. The maximum absolute atomic E-state index is 15.1. The molecule has 4 rings (SSSR count). The van der Waals surface area contributed by atoms with Crippen molar-refractivity contribution >= 4 is 22.6 Å². The number of aromatic carboxylic acids is 1. The van der Waals surface area contributed by atoms with Crippen LogP contribution in [0.5, 0.6) is 5.75 Å². The second-order valence-electron chi connectivity index (χ2n) is 7.30. The molecule has 2 fully saturated rings. The maximum Gasteiger partial charge on any atom is 0.341 e. The topological polar surface area (TPSA) is 97.8 Å². The Labute approximate surface area is 155 Å². The van der Waals surface area contributed by atoms with E-state index < -0.39 is 17.2 Å². The first-order valence-corrected chi connectivity index (χ1v) is 9.11. The number of carbonyl (C=O) groups is 1. The normalized spacial score (nSPS) is 20.1. The number of ether oxygens (including phenoxy) is 1. The summed E-state index contributed by atoms with van der Waals surface area (Å²) in [5.74, 6) is -1.66. The van der Waals surface area contributed by atoms with Crippen molar-refractivity contribution in [2.45, 2.75) is 37.8 Å². The minimum atomic E-state index is -1.32. The van der Waals surface area contributed by atoms with Gasteiger partial charge in [0, 0.05) is 31.4 Å². The molecule has 27 heavy (non-hydrogen) atoms. The standard InChI is InChI=1S/C19H22FN3O4/c1-27-18-15-12(7-14(20)16(18)22-6-2-3-10(21)8-22)17(24)13(19(25)26)9-23(15)11-4-5-11/h7,9-11H,2-6,8,21H2,1H3,(H,25,26)/t10-/m0/s1. The lowest BCUT2D eigenvalue weighted by Gasteiger charge is -2.34. The third-order valence-corrected chi connectivity index (χ3v) is 5.35. The van der Waals surface area contributed by atoms with Gasteiger partial charge in [-0.3, -0.25) is 4.79 Å². The first kappa shape index (κ1) is 17.8. The molecule has 8 heteroatoms. The molecule has 1 aliphatic carbocycles. The van der Waals surface area contributed by atoms with E-state index in [1.807, 2.05) is 4.90 Å². The second-order valence-corrected chi connectivity index (χ2v) is 7.30. The largest absolute Gasteiger partial charge is 0.492 e. The van der Waals surface area contributed by atoms with E-state index in [9.17, 15) is 14.7 Å². The van der Waals surface area contributed by atoms with Crippen LogP contribution in [-0.4, -0.2) is 41.9 Å². The quantitative estimate of drug-likeness (QED) is 0.849. The third-order valence-electron chi connectivity index (χ3n) is 5.35. The fraction of sp³-hybridized carbons (Fsp3) is 0.474. The number of benzene rings is 1. The van der Waals surface area contributed by atoms with E-state index in [0.29, 0.717) is 18.6 Å². The highest BCUT2D eigenvalue weighted by Crippen LogP contribution is 2.44. The number of anilines is 1. The molecule has 2 heterocycles. The van der Waals surface area contributed by atoms with Crippen molar-refractivity contribution in [1.29, 1.82) is 0 Å². The predicted octanol–water partition coefficient (Wildman–Crippen LogP) is 2.11. The van der Waals surface area contributed by atoms with Crippen LogP contribution >= 0.6 is 0 Å². The molecule has 0 spiro atoms. The Morgan fingerprint density at radius 2 is 2.11 bits per heavy atom. The number of rotatable bonds is 4. The maximum atomic E-state index is 15.1. The molecule has 0 radical (unpaired) electrons. The van der Waals surface area contributed by atoms with Gasteiger partial charge in [0.2, 0.25) is 5.43 Å². The second kappa shape index (κ2) is 6.53. The number of carboxylic acid groups (broad SMARTS) is 1. The predicted molar refractivity (Wildman–Crippen MR) is 99.4 cm³/mol. The van der Waals surface area contributed by atoms with Crippen LogP contribution in [0.1, 0.15) is 42.1 Å². The van der Waals surface area contributed by atoms with Gasteiger partial charge in [0.25, 0.3) is 0 Å². The summed E-state index contributed by atoms with van der Waals surface area (Å²) >= 11 is 0. The van der Waals surface area contributed by atoms with Gasteiger partial charge in [-0.1, -0.05) is 0 Å². The highest BCUT2D eigenvalue weighted by molar-refractivity contribution is 5.97. The van der Waals surface area contributed by atoms with Gasteiger partial charge in [0.1, 0.15) is 11.3 Å². The molecule has 3 N–H and O–H groups in total. The molecular weight excluding hydrogens is 353 g/mol. The number of pyridine rings is 1. The van der Waals surface area contributed by atoms with Crippen molar-refractivity contribution in [3.8, 4) is 5.75 Å². The van der Waals surface area contributed by atoms with Gasteiger partial charge >= 0.3 is 5.97 Å². The highest BCUT2D eigenvalue weighted by atomic mass is 19.1. The van der Waals surface area contributed by atoms with Crippen LogP contribution in [0.4, 0.5) is 10.1 Å². The van der Waals surface area contributed by atoms with E-state index in [2.05, 4.69) is 0 Å². The molecule has 0 bridgehead atoms. The summed E-state index contributed by atoms with van der Waals surface area (Å²) in [5.41, 5.74) is 5.74. The van der Waals surface area contributed by atoms with Crippen LogP contribution in [0.15, 0.2) is 17.1 Å². The number of aromatic nitrogens is 1. The Morgan fingerprint density at radius 1 is 1.37 bits per heavy atom. The number of fused-ring (bicyclic) bond motifs is 1. The van der Waals surface area contributed by atoms with Crippen molar-refractivity contribution in [2.75, 3.05) is 25.1 Å². The zero-order chi connectivity index (χ0) is 19.3. The monoisotopic (exact) mass is 375 g/mol. The van der Waals surface area contributed by atoms with Gasteiger partial charge in [-0.25, -0.2) is 9.18 Å². The molecule has 1 saturated heterocycles. The number of halogens is 1. The molecular formula is C19H22FN3O4. The smallest absolute Gasteiger partial charge is 0.341 e. The Kier molecular flexibility index (Phi) is 4.30. The molecule has 1 aromatic heterocycles. The number of hydrogen-bond acceptors (Lipinski definition) is 5. The molecule has 1 saturated carbocycles. The van der Waals surface area contributed by atoms with Crippen molar-refractivity contribution in [3.05, 3.63) is 33.9 Å². The average Bonchev–Trinajstić information content (AvgIpc) is 3.46. The van der Waals surface area contributed by atoms with E-state index >= 15 is 4.39 Å².